The summed E-state index contributed by atoms with van der Waals surface area (Å²) in [6.45, 7) is 4.41. The van der Waals surface area contributed by atoms with E-state index in [4.69, 9.17) is 4.42 Å². The summed E-state index contributed by atoms with van der Waals surface area (Å²) in [6.07, 6.45) is 4.33. The quantitative estimate of drug-likeness (QED) is 0.812. The van der Waals surface area contributed by atoms with E-state index in [0.717, 1.165) is 22.8 Å². The van der Waals surface area contributed by atoms with Gasteiger partial charge in [0.15, 0.2) is 0 Å². The van der Waals surface area contributed by atoms with Crippen LogP contribution in [0.5, 0.6) is 0 Å². The van der Waals surface area contributed by atoms with Gasteiger partial charge in [0.05, 0.1) is 17.3 Å². The van der Waals surface area contributed by atoms with E-state index in [1.54, 1.807) is 6.26 Å². The van der Waals surface area contributed by atoms with E-state index in [9.17, 15) is 0 Å². The van der Waals surface area contributed by atoms with Gasteiger partial charge in [-0.3, -0.25) is 4.90 Å². The van der Waals surface area contributed by atoms with Crippen molar-refractivity contribution < 1.29 is 4.42 Å². The van der Waals surface area contributed by atoms with Crippen LogP contribution < -0.4 is 0 Å². The first kappa shape index (κ1) is 9.28. The lowest BCUT2D eigenvalue weighted by Crippen LogP contribution is -2.46. The summed E-state index contributed by atoms with van der Waals surface area (Å²) in [6, 6.07) is 2.73. The Hall–Kier alpha value is -0.280. The Morgan fingerprint density at radius 3 is 3.00 bits per heavy atom. The summed E-state index contributed by atoms with van der Waals surface area (Å²) in [5, 5.41) is 0. The molecule has 2 heterocycles. The molecule has 13 heavy (non-hydrogen) atoms. The monoisotopic (exact) mass is 243 g/mol. The van der Waals surface area contributed by atoms with E-state index in [1.165, 1.54) is 19.4 Å². The molecule has 0 aliphatic carbocycles. The molecule has 3 heteroatoms. The predicted molar refractivity (Wildman–Crippen MR) is 55.5 cm³/mol. The Kier molecular flexibility index (Phi) is 2.74. The van der Waals surface area contributed by atoms with Crippen molar-refractivity contribution in [2.24, 2.45) is 0 Å². The largest absolute Gasteiger partial charge is 0.467 e. The zero-order chi connectivity index (χ0) is 9.26. The highest BCUT2D eigenvalue weighted by molar-refractivity contribution is 9.10. The number of likely N-dealkylation sites (tertiary alicyclic amines) is 1. The van der Waals surface area contributed by atoms with Crippen molar-refractivity contribution >= 4 is 15.9 Å². The van der Waals surface area contributed by atoms with Crippen LogP contribution in [0.2, 0.25) is 0 Å². The van der Waals surface area contributed by atoms with Crippen LogP contribution in [0, 0.1) is 0 Å². The van der Waals surface area contributed by atoms with Crippen LogP contribution in [-0.2, 0) is 6.54 Å². The summed E-state index contributed by atoms with van der Waals surface area (Å²) < 4.78 is 6.47. The molecule has 2 nitrogen and oxygen atoms in total. The molecule has 1 atom stereocenters. The minimum Gasteiger partial charge on any atom is -0.467 e. The van der Waals surface area contributed by atoms with Gasteiger partial charge in [-0.25, -0.2) is 0 Å². The van der Waals surface area contributed by atoms with Gasteiger partial charge in [0.25, 0.3) is 0 Å². The lowest BCUT2D eigenvalue weighted by atomic mass is 10.0. The topological polar surface area (TPSA) is 16.4 Å². The summed E-state index contributed by atoms with van der Waals surface area (Å²) in [4.78, 5) is 2.46. The third-order valence-electron chi connectivity index (χ3n) is 2.77. The van der Waals surface area contributed by atoms with E-state index in [1.807, 2.05) is 6.07 Å². The molecule has 0 amide bonds. The van der Waals surface area contributed by atoms with Crippen LogP contribution in [0.4, 0.5) is 0 Å². The first-order chi connectivity index (χ1) is 6.31. The molecule has 0 radical (unpaired) electrons. The Balaban J connectivity index is 1.95. The second kappa shape index (κ2) is 3.84. The standard InChI is InChI=1S/C10H14BrNO/c1-2-8-3-5-12(8)7-10-9(11)4-6-13-10/h4,6,8H,2-3,5,7H2,1H3. The summed E-state index contributed by atoms with van der Waals surface area (Å²) in [5.41, 5.74) is 0. The highest BCUT2D eigenvalue weighted by atomic mass is 79.9. The average Bonchev–Trinajstić information content (AvgIpc) is 2.46. The fraction of sp³-hybridized carbons (Fsp3) is 0.600. The number of furan rings is 1. The predicted octanol–water partition coefficient (Wildman–Crippen LogP) is 3.03. The van der Waals surface area contributed by atoms with Gasteiger partial charge in [0, 0.05) is 12.6 Å². The normalized spacial score (nSPS) is 23.1. The number of nitrogens with zero attached hydrogens (tertiary/aromatic N) is 1. The minimum atomic E-state index is 0.775. The summed E-state index contributed by atoms with van der Waals surface area (Å²) in [7, 11) is 0. The first-order valence-electron chi connectivity index (χ1n) is 4.77. The molecule has 0 N–H and O–H groups in total. The van der Waals surface area contributed by atoms with E-state index >= 15 is 0 Å². The van der Waals surface area contributed by atoms with Crippen LogP contribution in [0.3, 0.4) is 0 Å². The molecular formula is C10H14BrNO. The van der Waals surface area contributed by atoms with Crippen molar-refractivity contribution in [3.8, 4) is 0 Å². The third kappa shape index (κ3) is 1.81. The van der Waals surface area contributed by atoms with Gasteiger partial charge in [-0.15, -0.1) is 0 Å². The molecule has 1 fully saturated rings. The maximum atomic E-state index is 5.37. The van der Waals surface area contributed by atoms with E-state index in [2.05, 4.69) is 27.8 Å². The van der Waals surface area contributed by atoms with Gasteiger partial charge in [0.2, 0.25) is 0 Å². The second-order valence-electron chi connectivity index (χ2n) is 3.51. The Bertz CT molecular complexity index is 282. The van der Waals surface area contributed by atoms with Gasteiger partial charge in [-0.1, -0.05) is 6.92 Å². The molecule has 1 saturated heterocycles. The summed E-state index contributed by atoms with van der Waals surface area (Å²) >= 11 is 3.47. The molecule has 0 saturated carbocycles. The molecule has 1 aromatic rings. The maximum absolute atomic E-state index is 5.37. The van der Waals surface area contributed by atoms with Crippen LogP contribution in [0.25, 0.3) is 0 Å². The van der Waals surface area contributed by atoms with Gasteiger partial charge in [-0.05, 0) is 34.8 Å². The highest BCUT2D eigenvalue weighted by Gasteiger charge is 2.27. The molecule has 1 aliphatic heterocycles. The van der Waals surface area contributed by atoms with Gasteiger partial charge in [0.1, 0.15) is 5.76 Å². The van der Waals surface area contributed by atoms with Crippen molar-refractivity contribution in [2.75, 3.05) is 6.54 Å². The zero-order valence-electron chi connectivity index (χ0n) is 7.79. The number of halogens is 1. The Labute approximate surface area is 87.0 Å². The maximum Gasteiger partial charge on any atom is 0.131 e. The molecule has 0 bridgehead atoms. The van der Waals surface area contributed by atoms with Crippen LogP contribution in [0.15, 0.2) is 21.2 Å². The van der Waals surface area contributed by atoms with Gasteiger partial charge >= 0.3 is 0 Å². The molecule has 1 unspecified atom stereocenters. The molecule has 1 aliphatic rings. The Morgan fingerprint density at radius 1 is 1.69 bits per heavy atom. The molecular weight excluding hydrogens is 230 g/mol. The van der Waals surface area contributed by atoms with Crippen LogP contribution in [0.1, 0.15) is 25.5 Å². The molecule has 2 rings (SSSR count). The van der Waals surface area contributed by atoms with Crippen molar-refractivity contribution in [2.45, 2.75) is 32.4 Å². The van der Waals surface area contributed by atoms with Crippen molar-refractivity contribution in [1.82, 2.24) is 4.90 Å². The Morgan fingerprint density at radius 2 is 2.54 bits per heavy atom. The lowest BCUT2D eigenvalue weighted by Gasteiger charge is -2.40. The third-order valence-corrected chi connectivity index (χ3v) is 3.48. The fourth-order valence-electron chi connectivity index (χ4n) is 1.79. The average molecular weight is 244 g/mol. The number of hydrogen-bond acceptors (Lipinski definition) is 2. The second-order valence-corrected chi connectivity index (χ2v) is 4.37. The lowest BCUT2D eigenvalue weighted by molar-refractivity contribution is 0.0709. The molecule has 1 aromatic heterocycles. The highest BCUT2D eigenvalue weighted by Crippen LogP contribution is 2.26. The van der Waals surface area contributed by atoms with E-state index in [0.29, 0.717) is 0 Å². The van der Waals surface area contributed by atoms with Crippen molar-refractivity contribution in [1.29, 1.82) is 0 Å². The molecule has 0 spiro atoms. The van der Waals surface area contributed by atoms with Crippen LogP contribution in [-0.4, -0.2) is 17.5 Å². The molecule has 72 valence electrons. The first-order valence-corrected chi connectivity index (χ1v) is 5.56. The van der Waals surface area contributed by atoms with Gasteiger partial charge in [-0.2, -0.15) is 0 Å². The van der Waals surface area contributed by atoms with E-state index in [-0.39, 0.29) is 0 Å². The van der Waals surface area contributed by atoms with Crippen molar-refractivity contribution in [3.05, 3.63) is 22.6 Å². The minimum absolute atomic E-state index is 0.775. The molecule has 0 aromatic carbocycles. The smallest absolute Gasteiger partial charge is 0.131 e. The number of rotatable bonds is 3. The fourth-order valence-corrected chi connectivity index (χ4v) is 2.11. The SMILES string of the molecule is CCC1CCN1Cc1occc1Br. The number of hydrogen-bond donors (Lipinski definition) is 0. The summed E-state index contributed by atoms with van der Waals surface area (Å²) in [5.74, 6) is 1.05. The van der Waals surface area contributed by atoms with E-state index < -0.39 is 0 Å². The van der Waals surface area contributed by atoms with Crippen LogP contribution >= 0.6 is 15.9 Å². The van der Waals surface area contributed by atoms with Gasteiger partial charge < -0.3 is 4.42 Å². The van der Waals surface area contributed by atoms with Crippen molar-refractivity contribution in [3.63, 3.8) is 0 Å². The zero-order valence-corrected chi connectivity index (χ0v) is 9.38.